The molecule has 1 saturated heterocycles. The number of non-ortho nitro benzene ring substituents is 1. The smallest absolute Gasteiger partial charge is 0.410 e. The Morgan fingerprint density at radius 1 is 1.42 bits per heavy atom. The summed E-state index contributed by atoms with van der Waals surface area (Å²) in [4.78, 5) is 27.1. The fourth-order valence-electron chi connectivity index (χ4n) is 3.81. The molecule has 0 spiro atoms. The summed E-state index contributed by atoms with van der Waals surface area (Å²) in [5, 5.41) is 13.9. The van der Waals surface area contributed by atoms with Crippen LogP contribution in [0.4, 0.5) is 10.5 Å². The molecule has 1 aromatic carbocycles. The molecular weight excluding hydrogens is 398 g/mol. The van der Waals surface area contributed by atoms with E-state index in [-0.39, 0.29) is 30.0 Å². The van der Waals surface area contributed by atoms with Crippen molar-refractivity contribution in [3.63, 3.8) is 0 Å². The molecule has 1 aliphatic heterocycles. The molecule has 0 radical (unpaired) electrons. The van der Waals surface area contributed by atoms with E-state index in [4.69, 9.17) is 10.5 Å². The number of nitrogens with zero attached hydrogens (tertiary/aromatic N) is 3. The zero-order chi connectivity index (χ0) is 22.9. The van der Waals surface area contributed by atoms with E-state index in [1.54, 1.807) is 23.1 Å². The summed E-state index contributed by atoms with van der Waals surface area (Å²) >= 11 is 0. The van der Waals surface area contributed by atoms with Crippen molar-refractivity contribution in [2.75, 3.05) is 39.8 Å². The lowest BCUT2D eigenvalue weighted by Crippen LogP contribution is -2.50. The Kier molecular flexibility index (Phi) is 9.42. The molecule has 9 heteroatoms. The van der Waals surface area contributed by atoms with Crippen molar-refractivity contribution in [1.29, 1.82) is 0 Å². The van der Waals surface area contributed by atoms with Gasteiger partial charge in [0.25, 0.3) is 5.69 Å². The molecule has 1 aliphatic rings. The number of ether oxygens (including phenoxy) is 1. The number of nitro benzene ring substituents is 1. The number of carbonyl (C=O) groups excluding carboxylic acids is 1. The van der Waals surface area contributed by atoms with Crippen molar-refractivity contribution in [3.05, 3.63) is 52.6 Å². The SMILES string of the molecule is C=CCN(C(=O)OCc1ccc([N+](=O)[O-])cc1)C1CCN(CCC(C)(N)CNC)CC1. The number of hydrogen-bond donors (Lipinski definition) is 2. The number of amides is 1. The maximum Gasteiger partial charge on any atom is 0.410 e. The molecule has 0 aromatic heterocycles. The van der Waals surface area contributed by atoms with Crippen molar-refractivity contribution in [2.24, 2.45) is 5.73 Å². The highest BCUT2D eigenvalue weighted by Crippen LogP contribution is 2.20. The molecule has 1 amide bonds. The van der Waals surface area contributed by atoms with Gasteiger partial charge >= 0.3 is 6.09 Å². The highest BCUT2D eigenvalue weighted by molar-refractivity contribution is 5.68. The van der Waals surface area contributed by atoms with Gasteiger partial charge in [-0.05, 0) is 57.5 Å². The molecule has 9 nitrogen and oxygen atoms in total. The van der Waals surface area contributed by atoms with Crippen LogP contribution < -0.4 is 11.1 Å². The first kappa shape index (κ1) is 24.8. The van der Waals surface area contributed by atoms with Crippen molar-refractivity contribution in [3.8, 4) is 0 Å². The quantitative estimate of drug-likeness (QED) is 0.313. The van der Waals surface area contributed by atoms with Crippen LogP contribution in [0, 0.1) is 10.1 Å². The van der Waals surface area contributed by atoms with E-state index >= 15 is 0 Å². The highest BCUT2D eigenvalue weighted by atomic mass is 16.6. The Bertz CT molecular complexity index is 730. The molecule has 172 valence electrons. The van der Waals surface area contributed by atoms with Crippen molar-refractivity contribution in [2.45, 2.75) is 44.4 Å². The molecule has 1 aromatic rings. The number of likely N-dealkylation sites (tertiary alicyclic amines) is 1. The van der Waals surface area contributed by atoms with Crippen LogP contribution in [0.1, 0.15) is 31.7 Å². The Morgan fingerprint density at radius 3 is 2.61 bits per heavy atom. The van der Waals surface area contributed by atoms with Gasteiger partial charge in [-0.3, -0.25) is 10.1 Å². The largest absolute Gasteiger partial charge is 0.445 e. The summed E-state index contributed by atoms with van der Waals surface area (Å²) in [7, 11) is 1.91. The maximum absolute atomic E-state index is 12.7. The van der Waals surface area contributed by atoms with E-state index in [9.17, 15) is 14.9 Å². The number of benzene rings is 1. The summed E-state index contributed by atoms with van der Waals surface area (Å²) in [6, 6.07) is 6.11. The van der Waals surface area contributed by atoms with Gasteiger partial charge in [0.05, 0.1) is 4.92 Å². The number of nitrogens with two attached hydrogens (primary N) is 1. The average molecular weight is 434 g/mol. The monoisotopic (exact) mass is 433 g/mol. The lowest BCUT2D eigenvalue weighted by Gasteiger charge is -2.38. The van der Waals surface area contributed by atoms with Gasteiger partial charge in [0, 0.05) is 49.9 Å². The number of nitro groups is 1. The van der Waals surface area contributed by atoms with Crippen molar-refractivity contribution >= 4 is 11.8 Å². The van der Waals surface area contributed by atoms with Crippen LogP contribution in [-0.2, 0) is 11.3 Å². The second kappa shape index (κ2) is 11.8. The van der Waals surface area contributed by atoms with Crippen LogP contribution in [0.2, 0.25) is 0 Å². The number of carbonyl (C=O) groups is 1. The first-order chi connectivity index (χ1) is 14.8. The first-order valence-corrected chi connectivity index (χ1v) is 10.7. The van der Waals surface area contributed by atoms with Gasteiger partial charge in [-0.1, -0.05) is 6.08 Å². The average Bonchev–Trinajstić information content (AvgIpc) is 2.75. The highest BCUT2D eigenvalue weighted by Gasteiger charge is 2.29. The first-order valence-electron chi connectivity index (χ1n) is 10.7. The predicted octanol–water partition coefficient (Wildman–Crippen LogP) is 2.51. The summed E-state index contributed by atoms with van der Waals surface area (Å²) in [5.41, 5.74) is 6.78. The predicted molar refractivity (Wildman–Crippen MR) is 121 cm³/mol. The lowest BCUT2D eigenvalue weighted by molar-refractivity contribution is -0.384. The van der Waals surface area contributed by atoms with Gasteiger partial charge in [-0.25, -0.2) is 4.79 Å². The van der Waals surface area contributed by atoms with E-state index < -0.39 is 4.92 Å². The maximum atomic E-state index is 12.7. The Hall–Kier alpha value is -2.49. The van der Waals surface area contributed by atoms with Crippen LogP contribution in [0.25, 0.3) is 0 Å². The molecule has 0 bridgehead atoms. The molecule has 1 atom stereocenters. The second-order valence-electron chi connectivity index (χ2n) is 8.43. The zero-order valence-electron chi connectivity index (χ0n) is 18.6. The molecule has 31 heavy (non-hydrogen) atoms. The zero-order valence-corrected chi connectivity index (χ0v) is 18.6. The third-order valence-electron chi connectivity index (χ3n) is 5.65. The number of rotatable bonds is 11. The summed E-state index contributed by atoms with van der Waals surface area (Å²) in [6.07, 6.45) is 3.96. The third kappa shape index (κ3) is 7.93. The van der Waals surface area contributed by atoms with Gasteiger partial charge < -0.3 is 25.6 Å². The van der Waals surface area contributed by atoms with E-state index in [1.165, 1.54) is 12.1 Å². The van der Waals surface area contributed by atoms with Gasteiger partial charge in [-0.15, -0.1) is 6.58 Å². The lowest BCUT2D eigenvalue weighted by atomic mass is 9.97. The van der Waals surface area contributed by atoms with Gasteiger partial charge in [-0.2, -0.15) is 0 Å². The normalized spacial score (nSPS) is 17.0. The molecule has 0 aliphatic carbocycles. The van der Waals surface area contributed by atoms with E-state index in [2.05, 4.69) is 23.7 Å². The second-order valence-corrected chi connectivity index (χ2v) is 8.43. The Labute approximate surface area is 184 Å². The number of nitrogens with one attached hydrogen (secondary N) is 1. The minimum Gasteiger partial charge on any atom is -0.445 e. The number of likely N-dealkylation sites (N-methyl/N-ethyl adjacent to an activating group) is 1. The molecule has 2 rings (SSSR count). The van der Waals surface area contributed by atoms with Gasteiger partial charge in [0.15, 0.2) is 0 Å². The molecule has 0 saturated carbocycles. The van der Waals surface area contributed by atoms with E-state index in [0.717, 1.165) is 45.4 Å². The summed E-state index contributed by atoms with van der Waals surface area (Å²) in [5.74, 6) is 0. The van der Waals surface area contributed by atoms with Crippen LogP contribution >= 0.6 is 0 Å². The van der Waals surface area contributed by atoms with Gasteiger partial charge in [0.2, 0.25) is 0 Å². The van der Waals surface area contributed by atoms with Crippen LogP contribution in [-0.4, -0.2) is 72.2 Å². The Morgan fingerprint density at radius 2 is 2.06 bits per heavy atom. The molecule has 1 heterocycles. The fraction of sp³-hybridized carbons (Fsp3) is 0.591. The van der Waals surface area contributed by atoms with E-state index in [0.29, 0.717) is 12.1 Å². The van der Waals surface area contributed by atoms with Gasteiger partial charge in [0.1, 0.15) is 6.61 Å². The summed E-state index contributed by atoms with van der Waals surface area (Å²) < 4.78 is 5.47. The third-order valence-corrected chi connectivity index (χ3v) is 5.65. The minimum absolute atomic E-state index is 0.0102. The number of piperidine rings is 1. The summed E-state index contributed by atoms with van der Waals surface area (Å²) in [6.45, 7) is 9.85. The molecule has 1 unspecified atom stereocenters. The van der Waals surface area contributed by atoms with Crippen LogP contribution in [0.5, 0.6) is 0 Å². The fourth-order valence-corrected chi connectivity index (χ4v) is 3.81. The topological polar surface area (TPSA) is 114 Å². The van der Waals surface area contributed by atoms with Crippen molar-refractivity contribution < 1.29 is 14.5 Å². The molecule has 1 fully saturated rings. The van der Waals surface area contributed by atoms with Crippen LogP contribution in [0.15, 0.2) is 36.9 Å². The minimum atomic E-state index is -0.456. The molecular formula is C22H35N5O4. The van der Waals surface area contributed by atoms with Crippen molar-refractivity contribution in [1.82, 2.24) is 15.1 Å². The number of hydrogen-bond acceptors (Lipinski definition) is 7. The van der Waals surface area contributed by atoms with Crippen LogP contribution in [0.3, 0.4) is 0 Å². The molecule has 3 N–H and O–H groups in total. The standard InChI is InChI=1S/C22H35N5O4/c1-4-12-26(21(28)31-16-18-5-7-20(8-6-18)27(29)30)19-9-13-25(14-10-19)15-11-22(2,23)17-24-3/h4-8,19,24H,1,9-17,23H2,2-3H3. The Balaban J connectivity index is 1.84. The van der Waals surface area contributed by atoms with E-state index in [1.807, 2.05) is 7.05 Å².